The minimum Gasteiger partial charge on any atom is -0.379 e. The normalized spacial score (nSPS) is 17.0. The Morgan fingerprint density at radius 3 is 2.64 bits per heavy atom. The SMILES string of the molecule is CS(=O)(=O)c1cccc(NCC2CCN(c3ccc(F)c(F)c3)C2)c1[N+](=O)[O-]. The van der Waals surface area contributed by atoms with Crippen LogP contribution in [0.15, 0.2) is 41.3 Å². The van der Waals surface area contributed by atoms with Crippen molar-refractivity contribution < 1.29 is 22.1 Å². The first-order valence-electron chi connectivity index (χ1n) is 8.58. The molecule has 10 heteroatoms. The molecule has 1 unspecified atom stereocenters. The Balaban J connectivity index is 1.72. The standard InChI is InChI=1S/C18H19F2N3O4S/c1-28(26,27)17-4-2-3-16(18(17)23(24)25)21-10-12-7-8-22(11-12)13-5-6-14(19)15(20)9-13/h2-6,9,12,21H,7-8,10-11H2,1H3. The number of sulfone groups is 1. The monoisotopic (exact) mass is 411 g/mol. The molecule has 1 heterocycles. The molecular formula is C18H19F2N3O4S. The predicted molar refractivity (Wildman–Crippen MR) is 101 cm³/mol. The summed E-state index contributed by atoms with van der Waals surface area (Å²) in [6, 6.07) is 7.86. The van der Waals surface area contributed by atoms with Gasteiger partial charge in [-0.2, -0.15) is 0 Å². The number of nitro benzene ring substituents is 1. The Kier molecular flexibility index (Phi) is 5.50. The number of rotatable bonds is 6. The van der Waals surface area contributed by atoms with Crippen LogP contribution in [0.1, 0.15) is 6.42 Å². The molecule has 0 spiro atoms. The highest BCUT2D eigenvalue weighted by Gasteiger charge is 2.28. The first-order valence-corrected chi connectivity index (χ1v) is 10.5. The molecule has 0 aromatic heterocycles. The quantitative estimate of drug-likeness (QED) is 0.580. The van der Waals surface area contributed by atoms with Gasteiger partial charge in [0.05, 0.1) is 4.92 Å². The molecule has 150 valence electrons. The molecule has 1 aliphatic rings. The van der Waals surface area contributed by atoms with Crippen LogP contribution in [0, 0.1) is 27.7 Å². The number of benzene rings is 2. The van der Waals surface area contributed by atoms with E-state index in [1.807, 2.05) is 4.90 Å². The lowest BCUT2D eigenvalue weighted by atomic mass is 10.1. The summed E-state index contributed by atoms with van der Waals surface area (Å²) in [4.78, 5) is 12.3. The Morgan fingerprint density at radius 2 is 2.00 bits per heavy atom. The van der Waals surface area contributed by atoms with Crippen molar-refractivity contribution in [3.05, 3.63) is 58.1 Å². The van der Waals surface area contributed by atoms with Crippen molar-refractivity contribution in [2.24, 2.45) is 5.92 Å². The number of halogens is 2. The second kappa shape index (κ2) is 7.70. The summed E-state index contributed by atoms with van der Waals surface area (Å²) in [5.74, 6) is -1.71. The van der Waals surface area contributed by atoms with Crippen LogP contribution < -0.4 is 10.2 Å². The van der Waals surface area contributed by atoms with Crippen LogP contribution in [-0.2, 0) is 9.84 Å². The van der Waals surface area contributed by atoms with Gasteiger partial charge in [-0.15, -0.1) is 0 Å². The summed E-state index contributed by atoms with van der Waals surface area (Å²) in [6.07, 6.45) is 1.68. The molecule has 2 aromatic rings. The van der Waals surface area contributed by atoms with Gasteiger partial charge in [-0.25, -0.2) is 17.2 Å². The van der Waals surface area contributed by atoms with Crippen molar-refractivity contribution >= 4 is 26.9 Å². The minimum absolute atomic E-state index is 0.106. The number of hydrogen-bond acceptors (Lipinski definition) is 6. The molecule has 28 heavy (non-hydrogen) atoms. The fraction of sp³-hybridized carbons (Fsp3) is 0.333. The van der Waals surface area contributed by atoms with Gasteiger partial charge in [-0.1, -0.05) is 6.07 Å². The molecular weight excluding hydrogens is 392 g/mol. The number of anilines is 2. The zero-order valence-electron chi connectivity index (χ0n) is 15.1. The van der Waals surface area contributed by atoms with Gasteiger partial charge >= 0.3 is 5.69 Å². The van der Waals surface area contributed by atoms with Gasteiger partial charge in [0.2, 0.25) is 0 Å². The molecule has 0 radical (unpaired) electrons. The highest BCUT2D eigenvalue weighted by molar-refractivity contribution is 7.90. The molecule has 1 fully saturated rings. The molecule has 1 atom stereocenters. The summed E-state index contributed by atoms with van der Waals surface area (Å²) >= 11 is 0. The highest BCUT2D eigenvalue weighted by Crippen LogP contribution is 2.33. The predicted octanol–water partition coefficient (Wildman–Crippen LogP) is 3.21. The van der Waals surface area contributed by atoms with Crippen LogP contribution in [-0.4, -0.2) is 39.2 Å². The first-order chi connectivity index (χ1) is 13.2. The zero-order valence-corrected chi connectivity index (χ0v) is 15.9. The maximum atomic E-state index is 13.4. The van der Waals surface area contributed by atoms with E-state index in [2.05, 4.69) is 5.32 Å². The summed E-state index contributed by atoms with van der Waals surface area (Å²) in [5, 5.41) is 14.4. The molecule has 0 amide bonds. The number of hydrogen-bond donors (Lipinski definition) is 1. The Labute approximate surface area is 161 Å². The number of nitro groups is 1. The molecule has 0 bridgehead atoms. The van der Waals surface area contributed by atoms with Crippen molar-refractivity contribution in [1.82, 2.24) is 0 Å². The molecule has 2 aromatic carbocycles. The molecule has 1 aliphatic heterocycles. The van der Waals surface area contributed by atoms with Crippen molar-refractivity contribution in [1.29, 1.82) is 0 Å². The second-order valence-corrected chi connectivity index (χ2v) is 8.75. The van der Waals surface area contributed by atoms with Gasteiger partial charge in [0.15, 0.2) is 21.5 Å². The smallest absolute Gasteiger partial charge is 0.310 e. The van der Waals surface area contributed by atoms with Crippen molar-refractivity contribution in [2.45, 2.75) is 11.3 Å². The first kappa shape index (κ1) is 20.0. The van der Waals surface area contributed by atoms with Crippen molar-refractivity contribution in [3.63, 3.8) is 0 Å². The maximum absolute atomic E-state index is 13.4. The van der Waals surface area contributed by atoms with E-state index in [1.54, 1.807) is 0 Å². The van der Waals surface area contributed by atoms with E-state index in [-0.39, 0.29) is 16.5 Å². The number of nitrogens with one attached hydrogen (secondary N) is 1. The summed E-state index contributed by atoms with van der Waals surface area (Å²) in [5.41, 5.74) is 0.242. The third kappa shape index (κ3) is 4.22. The molecule has 0 saturated carbocycles. The zero-order chi connectivity index (χ0) is 20.5. The molecule has 1 N–H and O–H groups in total. The largest absolute Gasteiger partial charge is 0.379 e. The van der Waals surface area contributed by atoms with Crippen LogP contribution in [0.25, 0.3) is 0 Å². The van der Waals surface area contributed by atoms with Crippen molar-refractivity contribution in [2.75, 3.05) is 36.1 Å². The average Bonchev–Trinajstić information content (AvgIpc) is 3.10. The van der Waals surface area contributed by atoms with Crippen LogP contribution >= 0.6 is 0 Å². The van der Waals surface area contributed by atoms with Crippen LogP contribution in [0.5, 0.6) is 0 Å². The van der Waals surface area contributed by atoms with Gasteiger partial charge < -0.3 is 10.2 Å². The van der Waals surface area contributed by atoms with Gasteiger partial charge in [0.1, 0.15) is 10.6 Å². The summed E-state index contributed by atoms with van der Waals surface area (Å²) in [6.45, 7) is 1.59. The maximum Gasteiger partial charge on any atom is 0.310 e. The fourth-order valence-electron chi connectivity index (χ4n) is 3.32. The van der Waals surface area contributed by atoms with Gasteiger partial charge in [0.25, 0.3) is 0 Å². The van der Waals surface area contributed by atoms with Gasteiger partial charge in [-0.05, 0) is 36.6 Å². The number of para-hydroxylation sites is 1. The molecule has 0 aliphatic carbocycles. The average molecular weight is 411 g/mol. The van der Waals surface area contributed by atoms with Gasteiger partial charge in [-0.3, -0.25) is 10.1 Å². The Hall–Kier alpha value is -2.75. The minimum atomic E-state index is -3.75. The lowest BCUT2D eigenvalue weighted by molar-refractivity contribution is -0.386. The van der Waals surface area contributed by atoms with E-state index in [0.29, 0.717) is 25.3 Å². The lowest BCUT2D eigenvalue weighted by Gasteiger charge is -2.19. The van der Waals surface area contributed by atoms with Gasteiger partial charge in [0, 0.05) is 37.6 Å². The third-order valence-corrected chi connectivity index (χ3v) is 5.84. The van der Waals surface area contributed by atoms with E-state index < -0.39 is 32.1 Å². The van der Waals surface area contributed by atoms with E-state index in [0.717, 1.165) is 24.8 Å². The third-order valence-electron chi connectivity index (χ3n) is 4.72. The molecule has 3 rings (SSSR count). The Morgan fingerprint density at radius 1 is 1.25 bits per heavy atom. The fourth-order valence-corrected chi connectivity index (χ4v) is 4.18. The van der Waals surface area contributed by atoms with E-state index in [4.69, 9.17) is 0 Å². The summed E-state index contributed by atoms with van der Waals surface area (Å²) < 4.78 is 50.2. The second-order valence-electron chi connectivity index (χ2n) is 6.76. The topological polar surface area (TPSA) is 92.6 Å². The van der Waals surface area contributed by atoms with Crippen LogP contribution in [0.4, 0.5) is 25.8 Å². The summed E-state index contributed by atoms with van der Waals surface area (Å²) in [7, 11) is -3.75. The Bertz CT molecular complexity index is 1010. The van der Waals surface area contributed by atoms with Crippen LogP contribution in [0.3, 0.4) is 0 Å². The van der Waals surface area contributed by atoms with E-state index in [9.17, 15) is 27.3 Å². The highest BCUT2D eigenvalue weighted by atomic mass is 32.2. The van der Waals surface area contributed by atoms with E-state index >= 15 is 0 Å². The molecule has 7 nitrogen and oxygen atoms in total. The molecule has 1 saturated heterocycles. The number of nitrogens with zero attached hydrogens (tertiary/aromatic N) is 2. The van der Waals surface area contributed by atoms with Crippen molar-refractivity contribution in [3.8, 4) is 0 Å². The van der Waals surface area contributed by atoms with Crippen LogP contribution in [0.2, 0.25) is 0 Å². The lowest BCUT2D eigenvalue weighted by Crippen LogP contribution is -2.23. The van der Waals surface area contributed by atoms with E-state index in [1.165, 1.54) is 24.3 Å².